The molecule has 9 heteroatoms. The zero-order chi connectivity index (χ0) is 44.0. The Balaban J connectivity index is -0.000000239. The van der Waals surface area contributed by atoms with Gasteiger partial charge in [0.1, 0.15) is 0 Å². The molecule has 0 aromatic heterocycles. The maximum Gasteiger partial charge on any atom is 2.00 e. The molecule has 0 amide bonds. The van der Waals surface area contributed by atoms with Crippen molar-refractivity contribution in [3.8, 4) is 0 Å². The molecule has 59 heavy (non-hydrogen) atoms. The Morgan fingerprint density at radius 2 is 0.475 bits per heavy atom. The number of carbonyl (C=O) groups excluding carboxylic acids is 4. The molecule has 0 fully saturated rings. The number of esters is 2. The molecule has 0 heterocycles. The van der Waals surface area contributed by atoms with Crippen LogP contribution in [-0.2, 0) is 28.7 Å². The first-order valence-electron chi connectivity index (χ1n) is 24.3. The number of rotatable bonds is 38. The number of carboxylic acid groups (broad SMARTS) is 2. The average molecular weight is 942 g/mol. The van der Waals surface area contributed by atoms with Crippen molar-refractivity contribution in [2.75, 3.05) is 13.2 Å². The molecular formula is C50H94O8Sn. The van der Waals surface area contributed by atoms with Crippen molar-refractivity contribution >= 4 is 47.8 Å². The molecule has 0 bridgehead atoms. The predicted octanol–water partition coefficient (Wildman–Crippen LogP) is 12.6. The van der Waals surface area contributed by atoms with Gasteiger partial charge in [-0.25, -0.2) is 9.59 Å². The van der Waals surface area contributed by atoms with Crippen molar-refractivity contribution in [2.24, 2.45) is 0 Å². The first kappa shape index (κ1) is 66.3. The molecule has 0 saturated carbocycles. The Bertz CT molecular complexity index is 821. The van der Waals surface area contributed by atoms with Gasteiger partial charge < -0.3 is 29.3 Å². The summed E-state index contributed by atoms with van der Waals surface area (Å²) in [7, 11) is 0. The third kappa shape index (κ3) is 77.3. The molecule has 0 aromatic carbocycles. The van der Waals surface area contributed by atoms with E-state index in [1.54, 1.807) is 0 Å². The van der Waals surface area contributed by atoms with E-state index in [2.05, 4.69) is 41.5 Å². The van der Waals surface area contributed by atoms with Gasteiger partial charge in [-0.2, -0.15) is 0 Å². The minimum Gasteiger partial charge on any atom is -0.545 e. The normalized spacial score (nSPS) is 10.4. The molecule has 0 aliphatic heterocycles. The van der Waals surface area contributed by atoms with Crippen LogP contribution in [0.15, 0.2) is 24.3 Å². The van der Waals surface area contributed by atoms with E-state index in [1.807, 2.05) is 0 Å². The van der Waals surface area contributed by atoms with Crippen LogP contribution in [0.2, 0.25) is 0 Å². The SMILES string of the molecule is CCCCCCCC.CCCCCCCC.CCCCCCCCCCCCCOC(=O)/C=C\C(=O)[O-].CCCCCCCCCCCCCOC(=O)/C=C\C(=O)[O-].[Sn+2]. The Hall–Kier alpha value is -1.84. The summed E-state index contributed by atoms with van der Waals surface area (Å²) < 4.78 is 9.72. The standard InChI is InChI=1S/2C17H30O4.2C8H18.Sn/c2*1-2-3-4-5-6-7-8-9-10-11-12-15-21-17(20)14-13-16(18)19;2*1-3-5-7-8-6-4-2;/h2*13-14H,2-12,15H2,1H3,(H,18,19);2*3-8H2,1-2H3;/q;;;;+2/p-2/b2*14-13-;;;. The molecule has 8 nitrogen and oxygen atoms in total. The van der Waals surface area contributed by atoms with E-state index in [9.17, 15) is 29.4 Å². The van der Waals surface area contributed by atoms with E-state index in [-0.39, 0.29) is 23.9 Å². The predicted molar refractivity (Wildman–Crippen MR) is 247 cm³/mol. The number of hydrogen-bond acceptors (Lipinski definition) is 8. The quantitative estimate of drug-likeness (QED) is 0.0259. The summed E-state index contributed by atoms with van der Waals surface area (Å²) in [6.45, 7) is 14.2. The van der Waals surface area contributed by atoms with Crippen LogP contribution >= 0.6 is 0 Å². The molecule has 0 rings (SSSR count). The zero-order valence-electron chi connectivity index (χ0n) is 39.5. The second-order valence-electron chi connectivity index (χ2n) is 15.5. The van der Waals surface area contributed by atoms with Gasteiger partial charge in [0, 0.05) is 12.2 Å². The monoisotopic (exact) mass is 943 g/mol. The molecule has 0 aromatic rings. The van der Waals surface area contributed by atoms with Crippen LogP contribution in [0.4, 0.5) is 0 Å². The van der Waals surface area contributed by atoms with Crippen molar-refractivity contribution in [2.45, 2.75) is 260 Å². The summed E-state index contributed by atoms with van der Waals surface area (Å²) in [6, 6.07) is 0. The molecule has 0 aliphatic carbocycles. The van der Waals surface area contributed by atoms with Crippen molar-refractivity contribution in [1.82, 2.24) is 0 Å². The molecule has 0 spiro atoms. The number of ether oxygens (including phenoxy) is 2. The molecule has 346 valence electrons. The van der Waals surface area contributed by atoms with E-state index in [1.165, 1.54) is 193 Å². The number of hydrogen-bond donors (Lipinski definition) is 0. The van der Waals surface area contributed by atoms with Crippen molar-refractivity contribution in [3.05, 3.63) is 24.3 Å². The number of carboxylic acids is 2. The van der Waals surface area contributed by atoms with Crippen LogP contribution in [0.25, 0.3) is 0 Å². The van der Waals surface area contributed by atoms with Gasteiger partial charge >= 0.3 is 35.8 Å². The van der Waals surface area contributed by atoms with Gasteiger partial charge in [0.15, 0.2) is 0 Å². The van der Waals surface area contributed by atoms with Gasteiger partial charge in [0.25, 0.3) is 0 Å². The van der Waals surface area contributed by atoms with Crippen LogP contribution in [-0.4, -0.2) is 61.0 Å². The second kappa shape index (κ2) is 62.8. The molecule has 0 unspecified atom stereocenters. The van der Waals surface area contributed by atoms with Crippen LogP contribution in [0, 0.1) is 0 Å². The number of unbranched alkanes of at least 4 members (excludes halogenated alkanes) is 30. The number of carbonyl (C=O) groups is 4. The first-order valence-corrected chi connectivity index (χ1v) is 24.3. The minimum atomic E-state index is -1.39. The summed E-state index contributed by atoms with van der Waals surface area (Å²) in [5.41, 5.74) is 0. The van der Waals surface area contributed by atoms with Gasteiger partial charge in [-0.15, -0.1) is 0 Å². The summed E-state index contributed by atoms with van der Waals surface area (Å²) >= 11 is 0. The van der Waals surface area contributed by atoms with E-state index < -0.39 is 23.9 Å². The van der Waals surface area contributed by atoms with Crippen molar-refractivity contribution in [3.63, 3.8) is 0 Å². The maximum atomic E-state index is 11.0. The van der Waals surface area contributed by atoms with Gasteiger partial charge in [-0.1, -0.05) is 247 Å². The van der Waals surface area contributed by atoms with E-state index in [0.717, 1.165) is 37.8 Å². The van der Waals surface area contributed by atoms with E-state index in [4.69, 9.17) is 9.47 Å². The fourth-order valence-corrected chi connectivity index (χ4v) is 5.95. The van der Waals surface area contributed by atoms with Crippen molar-refractivity contribution in [1.29, 1.82) is 0 Å². The van der Waals surface area contributed by atoms with Crippen molar-refractivity contribution < 1.29 is 38.9 Å². The Morgan fingerprint density at radius 3 is 0.644 bits per heavy atom. The molecule has 0 N–H and O–H groups in total. The fraction of sp³-hybridized carbons (Fsp3) is 0.840. The smallest absolute Gasteiger partial charge is 0.545 e. The minimum absolute atomic E-state index is 0. The first-order chi connectivity index (χ1) is 28.2. The van der Waals surface area contributed by atoms with Crippen LogP contribution in [0.1, 0.15) is 260 Å². The van der Waals surface area contributed by atoms with Crippen LogP contribution < -0.4 is 10.2 Å². The van der Waals surface area contributed by atoms with E-state index >= 15 is 0 Å². The van der Waals surface area contributed by atoms with Gasteiger partial charge in [-0.05, 0) is 25.0 Å². The molecule has 0 saturated heterocycles. The molecule has 0 aliphatic rings. The van der Waals surface area contributed by atoms with E-state index in [0.29, 0.717) is 25.4 Å². The van der Waals surface area contributed by atoms with Crippen LogP contribution in [0.5, 0.6) is 0 Å². The largest absolute Gasteiger partial charge is 2.00 e. The summed E-state index contributed by atoms with van der Waals surface area (Å²) in [5, 5.41) is 20.1. The Morgan fingerprint density at radius 1 is 0.305 bits per heavy atom. The number of aliphatic carboxylic acids is 2. The van der Waals surface area contributed by atoms with Gasteiger partial charge in [0.05, 0.1) is 25.2 Å². The maximum absolute atomic E-state index is 11.0. The van der Waals surface area contributed by atoms with Gasteiger partial charge in [-0.3, -0.25) is 0 Å². The summed E-state index contributed by atoms with van der Waals surface area (Å²) in [6.07, 6.45) is 47.4. The van der Waals surface area contributed by atoms with Gasteiger partial charge in [0.2, 0.25) is 0 Å². The average Bonchev–Trinajstić information content (AvgIpc) is 3.21. The third-order valence-corrected chi connectivity index (χ3v) is 9.61. The fourth-order valence-electron chi connectivity index (χ4n) is 5.95. The third-order valence-electron chi connectivity index (χ3n) is 9.61. The molecule has 0 atom stereocenters. The molecule has 2 radical (unpaired) electrons. The summed E-state index contributed by atoms with van der Waals surface area (Å²) in [5.74, 6) is -4.01. The van der Waals surface area contributed by atoms with Crippen LogP contribution in [0.3, 0.4) is 0 Å². The Kier molecular flexibility index (Phi) is 70.5. The molecular weight excluding hydrogens is 847 g/mol. The topological polar surface area (TPSA) is 133 Å². The second-order valence-corrected chi connectivity index (χ2v) is 15.5. The zero-order valence-corrected chi connectivity index (χ0v) is 42.4. The summed E-state index contributed by atoms with van der Waals surface area (Å²) in [4.78, 5) is 42.2. The Labute approximate surface area is 382 Å².